The lowest BCUT2D eigenvalue weighted by Crippen LogP contribution is -2.20. The van der Waals surface area contributed by atoms with Gasteiger partial charge in [0.25, 0.3) is 0 Å². The molecule has 0 unspecified atom stereocenters. The van der Waals surface area contributed by atoms with E-state index >= 15 is 0 Å². The molecule has 3 heteroatoms. The Bertz CT molecular complexity index is 276. The average molecular weight is 238 g/mol. The molecule has 1 aliphatic rings. The SMILES string of the molecule is CC1CCC(CCNCc2cscn2)CC1. The first kappa shape index (κ1) is 12.1. The molecule has 0 saturated heterocycles. The van der Waals surface area contributed by atoms with Crippen molar-refractivity contribution < 1.29 is 0 Å². The van der Waals surface area contributed by atoms with Gasteiger partial charge in [0.2, 0.25) is 0 Å². The largest absolute Gasteiger partial charge is 0.311 e. The van der Waals surface area contributed by atoms with Crippen LogP contribution in [-0.2, 0) is 6.54 Å². The maximum absolute atomic E-state index is 4.27. The van der Waals surface area contributed by atoms with Crippen molar-refractivity contribution in [2.75, 3.05) is 6.54 Å². The van der Waals surface area contributed by atoms with Crippen molar-refractivity contribution in [2.24, 2.45) is 11.8 Å². The summed E-state index contributed by atoms with van der Waals surface area (Å²) in [6.07, 6.45) is 7.11. The second-order valence-electron chi connectivity index (χ2n) is 5.07. The lowest BCUT2D eigenvalue weighted by atomic mass is 9.81. The highest BCUT2D eigenvalue weighted by Crippen LogP contribution is 2.29. The topological polar surface area (TPSA) is 24.9 Å². The van der Waals surface area contributed by atoms with E-state index in [-0.39, 0.29) is 0 Å². The van der Waals surface area contributed by atoms with Crippen molar-refractivity contribution in [3.05, 3.63) is 16.6 Å². The van der Waals surface area contributed by atoms with Gasteiger partial charge in [0.15, 0.2) is 0 Å². The van der Waals surface area contributed by atoms with Gasteiger partial charge in [-0.2, -0.15) is 0 Å². The van der Waals surface area contributed by atoms with Crippen molar-refractivity contribution >= 4 is 11.3 Å². The highest BCUT2D eigenvalue weighted by atomic mass is 32.1. The van der Waals surface area contributed by atoms with Crippen LogP contribution in [0, 0.1) is 11.8 Å². The lowest BCUT2D eigenvalue weighted by molar-refractivity contribution is 0.275. The molecule has 16 heavy (non-hydrogen) atoms. The van der Waals surface area contributed by atoms with Crippen molar-refractivity contribution in [3.8, 4) is 0 Å². The van der Waals surface area contributed by atoms with E-state index < -0.39 is 0 Å². The second kappa shape index (κ2) is 6.36. The second-order valence-corrected chi connectivity index (χ2v) is 5.79. The van der Waals surface area contributed by atoms with E-state index in [4.69, 9.17) is 0 Å². The maximum Gasteiger partial charge on any atom is 0.0795 e. The van der Waals surface area contributed by atoms with Gasteiger partial charge in [-0.25, -0.2) is 4.98 Å². The molecule has 0 spiro atoms. The normalized spacial score (nSPS) is 25.8. The molecule has 2 rings (SSSR count). The van der Waals surface area contributed by atoms with E-state index in [1.807, 2.05) is 5.51 Å². The van der Waals surface area contributed by atoms with Crippen LogP contribution in [0.3, 0.4) is 0 Å². The fourth-order valence-electron chi connectivity index (χ4n) is 2.47. The van der Waals surface area contributed by atoms with E-state index in [2.05, 4.69) is 22.6 Å². The zero-order valence-corrected chi connectivity index (χ0v) is 10.9. The molecule has 1 N–H and O–H groups in total. The number of rotatable bonds is 5. The van der Waals surface area contributed by atoms with Crippen molar-refractivity contribution in [1.29, 1.82) is 0 Å². The first-order valence-corrected chi connectivity index (χ1v) is 7.36. The summed E-state index contributed by atoms with van der Waals surface area (Å²) in [6.45, 7) is 4.47. The summed E-state index contributed by atoms with van der Waals surface area (Å²) in [6, 6.07) is 0. The van der Waals surface area contributed by atoms with E-state index in [1.54, 1.807) is 11.3 Å². The smallest absolute Gasteiger partial charge is 0.0795 e. The summed E-state index contributed by atoms with van der Waals surface area (Å²) in [4.78, 5) is 4.27. The predicted octanol–water partition coefficient (Wildman–Crippen LogP) is 3.45. The molecule has 0 atom stereocenters. The third-order valence-corrected chi connectivity index (χ3v) is 4.29. The van der Waals surface area contributed by atoms with E-state index in [1.165, 1.54) is 37.8 Å². The van der Waals surface area contributed by atoms with Crippen molar-refractivity contribution in [3.63, 3.8) is 0 Å². The van der Waals surface area contributed by atoms with Gasteiger partial charge in [-0.15, -0.1) is 11.3 Å². The minimum atomic E-state index is 0.937. The summed E-state index contributed by atoms with van der Waals surface area (Å²) < 4.78 is 0. The van der Waals surface area contributed by atoms with Gasteiger partial charge in [0.05, 0.1) is 11.2 Å². The average Bonchev–Trinajstić information content (AvgIpc) is 2.80. The van der Waals surface area contributed by atoms with E-state index in [0.717, 1.165) is 24.9 Å². The Balaban J connectivity index is 1.55. The van der Waals surface area contributed by atoms with Gasteiger partial charge in [0.1, 0.15) is 0 Å². The van der Waals surface area contributed by atoms with Gasteiger partial charge in [-0.05, 0) is 24.8 Å². The third-order valence-electron chi connectivity index (χ3n) is 3.65. The highest BCUT2D eigenvalue weighted by molar-refractivity contribution is 7.07. The molecule has 1 fully saturated rings. The van der Waals surface area contributed by atoms with Crippen LogP contribution in [0.25, 0.3) is 0 Å². The minimum Gasteiger partial charge on any atom is -0.311 e. The fourth-order valence-corrected chi connectivity index (χ4v) is 3.02. The first-order valence-electron chi connectivity index (χ1n) is 6.42. The Labute approximate surface area is 102 Å². The minimum absolute atomic E-state index is 0.937. The van der Waals surface area contributed by atoms with Crippen molar-refractivity contribution in [1.82, 2.24) is 10.3 Å². The summed E-state index contributed by atoms with van der Waals surface area (Å²) in [7, 11) is 0. The van der Waals surface area contributed by atoms with Gasteiger partial charge in [0, 0.05) is 11.9 Å². The lowest BCUT2D eigenvalue weighted by Gasteiger charge is -2.26. The number of thiazole rings is 1. The highest BCUT2D eigenvalue weighted by Gasteiger charge is 2.17. The van der Waals surface area contributed by atoms with Crippen LogP contribution in [0.2, 0.25) is 0 Å². The number of hydrogen-bond acceptors (Lipinski definition) is 3. The molecule has 0 aliphatic heterocycles. The summed E-state index contributed by atoms with van der Waals surface area (Å²) in [5.41, 5.74) is 3.08. The van der Waals surface area contributed by atoms with Gasteiger partial charge < -0.3 is 5.32 Å². The van der Waals surface area contributed by atoms with E-state index in [0.29, 0.717) is 0 Å². The molecule has 1 saturated carbocycles. The maximum atomic E-state index is 4.27. The zero-order chi connectivity index (χ0) is 11.2. The standard InChI is InChI=1S/C13H22N2S/c1-11-2-4-12(5-3-11)6-7-14-8-13-9-16-10-15-13/h9-12,14H,2-8H2,1H3. The third kappa shape index (κ3) is 3.87. The Morgan fingerprint density at radius 2 is 2.19 bits per heavy atom. The number of hydrogen-bond donors (Lipinski definition) is 1. The molecule has 0 amide bonds. The van der Waals surface area contributed by atoms with Crippen molar-refractivity contribution in [2.45, 2.75) is 45.6 Å². The van der Waals surface area contributed by atoms with E-state index in [9.17, 15) is 0 Å². The summed E-state index contributed by atoms with van der Waals surface area (Å²) >= 11 is 1.67. The first-order chi connectivity index (χ1) is 7.84. The monoisotopic (exact) mass is 238 g/mol. The van der Waals surface area contributed by atoms with Crippen LogP contribution in [0.15, 0.2) is 10.9 Å². The molecule has 2 nitrogen and oxygen atoms in total. The summed E-state index contributed by atoms with van der Waals surface area (Å²) in [5, 5.41) is 5.61. The molecule has 1 aromatic heterocycles. The molecule has 0 aromatic carbocycles. The van der Waals surface area contributed by atoms with Crippen LogP contribution in [0.5, 0.6) is 0 Å². The molecule has 0 bridgehead atoms. The van der Waals surface area contributed by atoms with Crippen LogP contribution in [0.4, 0.5) is 0 Å². The molecular formula is C13H22N2S. The van der Waals surface area contributed by atoms with Gasteiger partial charge in [-0.1, -0.05) is 32.6 Å². The Morgan fingerprint density at radius 3 is 2.88 bits per heavy atom. The molecule has 1 heterocycles. The molecule has 1 aromatic rings. The van der Waals surface area contributed by atoms with Gasteiger partial charge >= 0.3 is 0 Å². The predicted molar refractivity (Wildman–Crippen MR) is 69.6 cm³/mol. The Kier molecular flexibility index (Phi) is 4.79. The number of aromatic nitrogens is 1. The van der Waals surface area contributed by atoms with Crippen LogP contribution in [-0.4, -0.2) is 11.5 Å². The molecule has 0 radical (unpaired) electrons. The number of nitrogens with zero attached hydrogens (tertiary/aromatic N) is 1. The molecular weight excluding hydrogens is 216 g/mol. The zero-order valence-electron chi connectivity index (χ0n) is 10.1. The van der Waals surface area contributed by atoms with Crippen LogP contribution < -0.4 is 5.32 Å². The molecule has 1 aliphatic carbocycles. The fraction of sp³-hybridized carbons (Fsp3) is 0.769. The van der Waals surface area contributed by atoms with Crippen LogP contribution in [0.1, 0.15) is 44.7 Å². The molecule has 90 valence electrons. The Morgan fingerprint density at radius 1 is 1.38 bits per heavy atom. The Hall–Kier alpha value is -0.410. The van der Waals surface area contributed by atoms with Gasteiger partial charge in [-0.3, -0.25) is 0 Å². The summed E-state index contributed by atoms with van der Waals surface area (Å²) in [5.74, 6) is 1.94. The van der Waals surface area contributed by atoms with Crippen LogP contribution >= 0.6 is 11.3 Å². The number of nitrogens with one attached hydrogen (secondary N) is 1. The quantitative estimate of drug-likeness (QED) is 0.795.